The number of aliphatic hydroxyl groups is 4. The number of terminal acetylenes is 1. The molecule has 0 heterocycles. The van der Waals surface area contributed by atoms with Gasteiger partial charge in [-0.25, -0.2) is 0 Å². The van der Waals surface area contributed by atoms with Crippen molar-refractivity contribution in [2.45, 2.75) is 13.3 Å². The third kappa shape index (κ3) is 4.97. The van der Waals surface area contributed by atoms with Crippen molar-refractivity contribution in [2.24, 2.45) is 5.41 Å². The number of hydrogen-bond donors (Lipinski definition) is 4. The second kappa shape index (κ2) is 8.34. The quantitative estimate of drug-likeness (QED) is 0.427. The molecule has 0 fully saturated rings. The maximum Gasteiger partial charge on any atom is 0.103 e. The fraction of sp³-hybridized carbons (Fsp3) is 0.750. The van der Waals surface area contributed by atoms with E-state index in [-0.39, 0.29) is 19.8 Å². The molecular formula is C8H16O4. The smallest absolute Gasteiger partial charge is 0.103 e. The molecule has 0 aliphatic rings. The second-order valence-electron chi connectivity index (χ2n) is 2.46. The first-order valence-electron chi connectivity index (χ1n) is 3.58. The highest BCUT2D eigenvalue weighted by Crippen LogP contribution is 2.18. The topological polar surface area (TPSA) is 80.9 Å². The first-order valence-corrected chi connectivity index (χ1v) is 3.58. The maximum absolute atomic E-state index is 8.66. The highest BCUT2D eigenvalue weighted by atomic mass is 16.3. The molecule has 72 valence electrons. The summed E-state index contributed by atoms with van der Waals surface area (Å²) in [6, 6.07) is 0. The molecule has 4 nitrogen and oxygen atoms in total. The first kappa shape index (κ1) is 13.8. The Balaban J connectivity index is 0. The van der Waals surface area contributed by atoms with Crippen LogP contribution in [-0.4, -0.2) is 40.2 Å². The van der Waals surface area contributed by atoms with Gasteiger partial charge in [0.05, 0.1) is 19.8 Å². The van der Waals surface area contributed by atoms with Crippen LogP contribution in [0.25, 0.3) is 0 Å². The zero-order chi connectivity index (χ0) is 10.0. The summed E-state index contributed by atoms with van der Waals surface area (Å²) in [7, 11) is 0. The molecule has 0 aromatic carbocycles. The van der Waals surface area contributed by atoms with E-state index in [9.17, 15) is 0 Å². The monoisotopic (exact) mass is 176 g/mol. The molecular weight excluding hydrogens is 160 g/mol. The number of rotatable bonds is 4. The van der Waals surface area contributed by atoms with Gasteiger partial charge in [-0.05, 0) is 6.42 Å². The van der Waals surface area contributed by atoms with Crippen LogP contribution in [0.5, 0.6) is 0 Å². The fourth-order valence-corrected chi connectivity index (χ4v) is 0.485. The molecule has 0 rings (SSSR count). The van der Waals surface area contributed by atoms with Crippen molar-refractivity contribution in [1.82, 2.24) is 0 Å². The SMILES string of the molecule is C#CO.CCC(CO)(CO)CO. The van der Waals surface area contributed by atoms with Crippen LogP contribution >= 0.6 is 0 Å². The zero-order valence-electron chi connectivity index (χ0n) is 7.19. The lowest BCUT2D eigenvalue weighted by Crippen LogP contribution is -2.32. The standard InChI is InChI=1S/C6H14O3.C2H2O/c1-2-6(3-7,4-8)5-9;1-2-3/h7-9H,2-5H2,1H3;1,3H. The second-order valence-corrected chi connectivity index (χ2v) is 2.46. The van der Waals surface area contributed by atoms with Crippen LogP contribution < -0.4 is 0 Å². The van der Waals surface area contributed by atoms with Crippen molar-refractivity contribution in [2.75, 3.05) is 19.8 Å². The predicted octanol–water partition coefficient (Wildman–Crippen LogP) is -0.691. The Hall–Kier alpha value is -0.760. The average molecular weight is 176 g/mol. The number of aliphatic hydroxyl groups excluding tert-OH is 4. The Kier molecular flexibility index (Phi) is 9.59. The van der Waals surface area contributed by atoms with Gasteiger partial charge in [-0.15, -0.1) is 0 Å². The minimum Gasteiger partial charge on any atom is -0.462 e. The van der Waals surface area contributed by atoms with Gasteiger partial charge in [-0.1, -0.05) is 13.3 Å². The molecule has 0 aliphatic carbocycles. The molecule has 12 heavy (non-hydrogen) atoms. The molecule has 0 aromatic heterocycles. The molecule has 0 aromatic rings. The lowest BCUT2D eigenvalue weighted by Gasteiger charge is -2.24. The van der Waals surface area contributed by atoms with Crippen molar-refractivity contribution in [3.05, 3.63) is 0 Å². The summed E-state index contributed by atoms with van der Waals surface area (Å²) in [5, 5.41) is 33.1. The van der Waals surface area contributed by atoms with Crippen LogP contribution in [0, 0.1) is 17.9 Å². The maximum atomic E-state index is 8.66. The van der Waals surface area contributed by atoms with Crippen molar-refractivity contribution >= 4 is 0 Å². The lowest BCUT2D eigenvalue weighted by molar-refractivity contribution is 0.00304. The van der Waals surface area contributed by atoms with Crippen molar-refractivity contribution in [3.8, 4) is 12.5 Å². The Morgan fingerprint density at radius 1 is 1.17 bits per heavy atom. The number of hydrogen-bond acceptors (Lipinski definition) is 4. The van der Waals surface area contributed by atoms with Gasteiger partial charge >= 0.3 is 0 Å². The molecule has 0 radical (unpaired) electrons. The Morgan fingerprint density at radius 2 is 1.42 bits per heavy atom. The minimum atomic E-state index is -0.667. The van der Waals surface area contributed by atoms with E-state index in [1.165, 1.54) is 6.11 Å². The first-order chi connectivity index (χ1) is 5.66. The highest BCUT2D eigenvalue weighted by molar-refractivity contribution is 4.74. The summed E-state index contributed by atoms with van der Waals surface area (Å²) in [4.78, 5) is 0. The predicted molar refractivity (Wildman–Crippen MR) is 44.8 cm³/mol. The largest absolute Gasteiger partial charge is 0.462 e. The summed E-state index contributed by atoms with van der Waals surface area (Å²) < 4.78 is 0. The normalized spacial score (nSPS) is 9.58. The molecule has 0 saturated carbocycles. The molecule has 0 saturated heterocycles. The van der Waals surface area contributed by atoms with E-state index in [1.807, 2.05) is 6.92 Å². The van der Waals surface area contributed by atoms with Gasteiger partial charge in [0.1, 0.15) is 6.11 Å². The van der Waals surface area contributed by atoms with Crippen LogP contribution in [-0.2, 0) is 0 Å². The molecule has 4 N–H and O–H groups in total. The summed E-state index contributed by atoms with van der Waals surface area (Å²) >= 11 is 0. The van der Waals surface area contributed by atoms with Gasteiger partial charge in [-0.2, -0.15) is 0 Å². The van der Waals surface area contributed by atoms with E-state index in [0.29, 0.717) is 6.42 Å². The zero-order valence-corrected chi connectivity index (χ0v) is 7.19. The van der Waals surface area contributed by atoms with Crippen LogP contribution in [0.4, 0.5) is 0 Å². The molecule has 0 spiro atoms. The van der Waals surface area contributed by atoms with Gasteiger partial charge in [0.2, 0.25) is 0 Å². The van der Waals surface area contributed by atoms with Gasteiger partial charge in [-0.3, -0.25) is 0 Å². The summed E-state index contributed by atoms with van der Waals surface area (Å²) in [6.45, 7) is 1.35. The molecule has 0 amide bonds. The lowest BCUT2D eigenvalue weighted by atomic mass is 9.88. The van der Waals surface area contributed by atoms with Crippen molar-refractivity contribution in [1.29, 1.82) is 0 Å². The van der Waals surface area contributed by atoms with Crippen molar-refractivity contribution < 1.29 is 20.4 Å². The van der Waals surface area contributed by atoms with E-state index >= 15 is 0 Å². The molecule has 0 atom stereocenters. The third-order valence-corrected chi connectivity index (χ3v) is 1.76. The van der Waals surface area contributed by atoms with E-state index in [0.717, 1.165) is 0 Å². The van der Waals surface area contributed by atoms with Crippen LogP contribution in [0.2, 0.25) is 0 Å². The van der Waals surface area contributed by atoms with E-state index < -0.39 is 5.41 Å². The Morgan fingerprint density at radius 3 is 1.42 bits per heavy atom. The minimum absolute atomic E-state index is 0.156. The van der Waals surface area contributed by atoms with Gasteiger partial charge in [0.25, 0.3) is 0 Å². The summed E-state index contributed by atoms with van der Waals surface area (Å²) in [6.07, 6.45) is 6.00. The van der Waals surface area contributed by atoms with Gasteiger partial charge in [0.15, 0.2) is 0 Å². The highest BCUT2D eigenvalue weighted by Gasteiger charge is 2.24. The third-order valence-electron chi connectivity index (χ3n) is 1.76. The summed E-state index contributed by atoms with van der Waals surface area (Å²) in [5.41, 5.74) is -0.667. The van der Waals surface area contributed by atoms with Crippen LogP contribution in [0.3, 0.4) is 0 Å². The van der Waals surface area contributed by atoms with E-state index in [2.05, 4.69) is 6.42 Å². The van der Waals surface area contributed by atoms with Gasteiger partial charge < -0.3 is 20.4 Å². The Labute approximate surface area is 72.5 Å². The molecule has 0 aliphatic heterocycles. The molecule has 0 unspecified atom stereocenters. The molecule has 0 bridgehead atoms. The van der Waals surface area contributed by atoms with E-state index in [4.69, 9.17) is 20.4 Å². The molecule has 4 heteroatoms. The van der Waals surface area contributed by atoms with E-state index in [1.54, 1.807) is 0 Å². The Bertz CT molecular complexity index is 106. The summed E-state index contributed by atoms with van der Waals surface area (Å²) in [5.74, 6) is 0. The fourth-order valence-electron chi connectivity index (χ4n) is 0.485. The average Bonchev–Trinajstić information content (AvgIpc) is 2.11. The van der Waals surface area contributed by atoms with Crippen LogP contribution in [0.1, 0.15) is 13.3 Å². The van der Waals surface area contributed by atoms with Crippen LogP contribution in [0.15, 0.2) is 0 Å². The van der Waals surface area contributed by atoms with Gasteiger partial charge in [0, 0.05) is 5.41 Å². The van der Waals surface area contributed by atoms with Crippen molar-refractivity contribution in [3.63, 3.8) is 0 Å².